The molecule has 0 heterocycles. The van der Waals surface area contributed by atoms with Gasteiger partial charge in [-0.2, -0.15) is 25.7 Å². The first kappa shape index (κ1) is 21.0. The Morgan fingerprint density at radius 3 is 1.97 bits per heavy atom. The maximum absolute atomic E-state index is 9.00. The topological polar surface area (TPSA) is 93.5 Å². The summed E-state index contributed by atoms with van der Waals surface area (Å²) in [5, 5.41) is 35.1. The minimum atomic E-state index is 0.198. The zero-order chi connectivity index (χ0) is 21.3. The first-order valence-electron chi connectivity index (χ1n) is 9.74. The van der Waals surface area contributed by atoms with Crippen molar-refractivity contribution in [1.82, 2.24) is 0 Å². The highest BCUT2D eigenvalue weighted by Crippen LogP contribution is 2.28. The number of azo groups is 2. The van der Waals surface area contributed by atoms with Crippen LogP contribution in [0.1, 0.15) is 28.7 Å². The Bertz CT molecular complexity index is 1110. The molecule has 150 valence electrons. The molecule has 0 spiro atoms. The van der Waals surface area contributed by atoms with E-state index < -0.39 is 0 Å². The number of hydrogen-bond acceptors (Lipinski definition) is 6. The molecule has 3 aromatic rings. The van der Waals surface area contributed by atoms with E-state index in [1.807, 2.05) is 62.4 Å². The van der Waals surface area contributed by atoms with Crippen LogP contribution in [0.15, 0.2) is 81.1 Å². The van der Waals surface area contributed by atoms with Crippen molar-refractivity contribution in [2.45, 2.75) is 26.7 Å². The van der Waals surface area contributed by atoms with Crippen LogP contribution in [0.5, 0.6) is 0 Å². The van der Waals surface area contributed by atoms with Crippen molar-refractivity contribution in [3.63, 3.8) is 0 Å². The molecule has 0 saturated heterocycles. The van der Waals surface area contributed by atoms with Crippen molar-refractivity contribution in [1.29, 1.82) is 5.26 Å². The standard InChI is InChI=1S/C24H23N5O/c1-17-14-22(10-7-20(17)16-25)27-28-23-11-12-24(18(2)15-23)29-26-21-8-5-19(6-9-21)4-3-13-30/h5-12,14-15,30H,3-4,13H2,1-2H3/b28-27+,29-26+. The molecule has 0 amide bonds. The average molecular weight is 397 g/mol. The Kier molecular flexibility index (Phi) is 7.14. The van der Waals surface area contributed by atoms with Gasteiger partial charge in [0.05, 0.1) is 34.4 Å². The molecule has 0 fully saturated rings. The van der Waals surface area contributed by atoms with Crippen LogP contribution >= 0.6 is 0 Å². The fourth-order valence-electron chi connectivity index (χ4n) is 2.89. The summed E-state index contributed by atoms with van der Waals surface area (Å²) in [6.45, 7) is 4.03. The highest BCUT2D eigenvalue weighted by atomic mass is 16.2. The Labute approximate surface area is 176 Å². The van der Waals surface area contributed by atoms with Crippen LogP contribution in [0.4, 0.5) is 22.7 Å². The number of aliphatic hydroxyl groups is 1. The predicted molar refractivity (Wildman–Crippen MR) is 117 cm³/mol. The maximum Gasteiger partial charge on any atom is 0.0994 e. The highest BCUT2D eigenvalue weighted by molar-refractivity contribution is 5.54. The van der Waals surface area contributed by atoms with Crippen LogP contribution in [0.2, 0.25) is 0 Å². The van der Waals surface area contributed by atoms with Gasteiger partial charge in [-0.3, -0.25) is 0 Å². The number of rotatable bonds is 7. The molecule has 0 atom stereocenters. The van der Waals surface area contributed by atoms with Crippen LogP contribution in [0.25, 0.3) is 0 Å². The SMILES string of the molecule is Cc1cc(/N=N/c2ccc(/N=N/c3ccc(CCCO)cc3)c(C)c2)ccc1C#N. The Hall–Kier alpha value is -3.69. The van der Waals surface area contributed by atoms with E-state index in [4.69, 9.17) is 10.4 Å². The quantitative estimate of drug-likeness (QED) is 0.438. The molecule has 0 aliphatic heterocycles. The average Bonchev–Trinajstić information content (AvgIpc) is 2.76. The molecular weight excluding hydrogens is 374 g/mol. The number of nitrogens with zero attached hydrogens (tertiary/aromatic N) is 5. The molecule has 6 nitrogen and oxygen atoms in total. The second-order valence-corrected chi connectivity index (χ2v) is 6.98. The molecule has 3 aromatic carbocycles. The summed E-state index contributed by atoms with van der Waals surface area (Å²) in [6, 6.07) is 21.0. The molecule has 0 aromatic heterocycles. The molecule has 0 unspecified atom stereocenters. The van der Waals surface area contributed by atoms with Crippen molar-refractivity contribution in [2.75, 3.05) is 6.61 Å². The lowest BCUT2D eigenvalue weighted by Gasteiger charge is -2.02. The third-order valence-corrected chi connectivity index (χ3v) is 4.62. The largest absolute Gasteiger partial charge is 0.396 e. The zero-order valence-electron chi connectivity index (χ0n) is 17.1. The molecule has 30 heavy (non-hydrogen) atoms. The molecule has 0 radical (unpaired) electrons. The number of nitriles is 1. The minimum Gasteiger partial charge on any atom is -0.396 e. The molecule has 0 saturated carbocycles. The van der Waals surface area contributed by atoms with Crippen LogP contribution in [0.3, 0.4) is 0 Å². The first-order valence-corrected chi connectivity index (χ1v) is 9.74. The summed E-state index contributed by atoms with van der Waals surface area (Å²) in [5.41, 5.74) is 6.62. The number of aryl methyl sites for hydroxylation is 3. The van der Waals surface area contributed by atoms with Gasteiger partial charge < -0.3 is 5.11 Å². The molecule has 0 aliphatic rings. The van der Waals surface area contributed by atoms with E-state index in [1.54, 1.807) is 12.1 Å². The Balaban J connectivity index is 1.68. The summed E-state index contributed by atoms with van der Waals surface area (Å²) >= 11 is 0. The zero-order valence-corrected chi connectivity index (χ0v) is 17.1. The van der Waals surface area contributed by atoms with Crippen molar-refractivity contribution >= 4 is 22.7 Å². The fourth-order valence-corrected chi connectivity index (χ4v) is 2.89. The van der Waals surface area contributed by atoms with E-state index >= 15 is 0 Å². The second-order valence-electron chi connectivity index (χ2n) is 6.98. The summed E-state index contributed by atoms with van der Waals surface area (Å²) < 4.78 is 0. The van der Waals surface area contributed by atoms with E-state index in [0.29, 0.717) is 11.3 Å². The van der Waals surface area contributed by atoms with Gasteiger partial charge in [0.1, 0.15) is 0 Å². The first-order chi connectivity index (χ1) is 14.6. The van der Waals surface area contributed by atoms with Crippen LogP contribution in [0, 0.1) is 25.2 Å². The van der Waals surface area contributed by atoms with Gasteiger partial charge in [-0.1, -0.05) is 12.1 Å². The van der Waals surface area contributed by atoms with Gasteiger partial charge in [0, 0.05) is 6.61 Å². The van der Waals surface area contributed by atoms with E-state index in [0.717, 1.165) is 41.0 Å². The van der Waals surface area contributed by atoms with Gasteiger partial charge in [-0.15, -0.1) is 0 Å². The number of hydrogen-bond donors (Lipinski definition) is 1. The Morgan fingerprint density at radius 1 is 0.767 bits per heavy atom. The summed E-state index contributed by atoms with van der Waals surface area (Å²) in [7, 11) is 0. The molecule has 1 N–H and O–H groups in total. The van der Waals surface area contributed by atoms with Crippen molar-refractivity contribution < 1.29 is 5.11 Å². The fraction of sp³-hybridized carbons (Fsp3) is 0.208. The van der Waals surface area contributed by atoms with Crippen LogP contribution < -0.4 is 0 Å². The molecular formula is C24H23N5O. The monoisotopic (exact) mass is 397 g/mol. The van der Waals surface area contributed by atoms with Crippen molar-refractivity contribution in [3.05, 3.63) is 82.9 Å². The molecule has 3 rings (SSSR count). The normalized spacial score (nSPS) is 11.3. The van der Waals surface area contributed by atoms with Crippen molar-refractivity contribution in [2.24, 2.45) is 20.5 Å². The van der Waals surface area contributed by atoms with Gasteiger partial charge in [0.25, 0.3) is 0 Å². The van der Waals surface area contributed by atoms with Gasteiger partial charge in [0.15, 0.2) is 0 Å². The van der Waals surface area contributed by atoms with Crippen LogP contribution in [-0.2, 0) is 6.42 Å². The maximum atomic E-state index is 9.00. The lowest BCUT2D eigenvalue weighted by atomic mass is 10.1. The van der Waals surface area contributed by atoms with Gasteiger partial charge in [-0.05, 0) is 91.9 Å². The van der Waals surface area contributed by atoms with E-state index in [9.17, 15) is 0 Å². The highest BCUT2D eigenvalue weighted by Gasteiger charge is 2.01. The lowest BCUT2D eigenvalue weighted by Crippen LogP contribution is -1.88. The number of aliphatic hydroxyl groups excluding tert-OH is 1. The van der Waals surface area contributed by atoms with Gasteiger partial charge >= 0.3 is 0 Å². The number of benzene rings is 3. The molecule has 0 bridgehead atoms. The van der Waals surface area contributed by atoms with Crippen molar-refractivity contribution in [3.8, 4) is 6.07 Å². The third-order valence-electron chi connectivity index (χ3n) is 4.62. The van der Waals surface area contributed by atoms with Gasteiger partial charge in [0.2, 0.25) is 0 Å². The van der Waals surface area contributed by atoms with E-state index in [2.05, 4.69) is 26.5 Å². The summed E-state index contributed by atoms with van der Waals surface area (Å²) in [4.78, 5) is 0. The Morgan fingerprint density at radius 2 is 1.37 bits per heavy atom. The molecule has 0 aliphatic carbocycles. The smallest absolute Gasteiger partial charge is 0.0994 e. The second kappa shape index (κ2) is 10.2. The molecule has 6 heteroatoms. The summed E-state index contributed by atoms with van der Waals surface area (Å²) in [6.07, 6.45) is 1.61. The predicted octanol–water partition coefficient (Wildman–Crippen LogP) is 6.93. The third kappa shape index (κ3) is 5.66. The lowest BCUT2D eigenvalue weighted by molar-refractivity contribution is 0.288. The van der Waals surface area contributed by atoms with Crippen LogP contribution in [-0.4, -0.2) is 11.7 Å². The van der Waals surface area contributed by atoms with E-state index in [1.165, 1.54) is 5.56 Å². The summed E-state index contributed by atoms with van der Waals surface area (Å²) in [5.74, 6) is 0. The van der Waals surface area contributed by atoms with E-state index in [-0.39, 0.29) is 6.61 Å². The van der Waals surface area contributed by atoms with Gasteiger partial charge in [-0.25, -0.2) is 0 Å². The minimum absolute atomic E-state index is 0.198.